The molecule has 0 amide bonds. The Morgan fingerprint density at radius 3 is 1.51 bits per heavy atom. The molecule has 8 aromatic carbocycles. The predicted molar refractivity (Wildman–Crippen MR) is 248 cm³/mol. The Hall–Kier alpha value is -7.27. The van der Waals surface area contributed by atoms with Crippen molar-refractivity contribution in [3.05, 3.63) is 231 Å². The Morgan fingerprint density at radius 2 is 0.918 bits per heavy atom. The predicted octanol–water partition coefficient (Wildman–Crippen LogP) is 12.0. The van der Waals surface area contributed by atoms with Crippen LogP contribution in [0.25, 0.3) is 78.5 Å². The van der Waals surface area contributed by atoms with Gasteiger partial charge in [-0.05, 0) is 59.8 Å². The molecule has 0 bridgehead atoms. The van der Waals surface area contributed by atoms with Crippen molar-refractivity contribution in [3.8, 4) is 56.4 Å². The maximum atomic E-state index is 5.25. The summed E-state index contributed by atoms with van der Waals surface area (Å²) in [6.45, 7) is -0.145. The number of rotatable bonds is 8. The molecular formula is C54H36BN5Pt. The van der Waals surface area contributed by atoms with Gasteiger partial charge in [0.25, 0.3) is 6.85 Å². The molecule has 3 heterocycles. The van der Waals surface area contributed by atoms with Gasteiger partial charge in [-0.2, -0.15) is 0 Å². The number of fused-ring (bicyclic) bond motifs is 2. The van der Waals surface area contributed by atoms with Crippen LogP contribution in [-0.2, 0) is 21.1 Å². The molecule has 0 unspecified atom stereocenters. The van der Waals surface area contributed by atoms with Crippen LogP contribution in [0, 0.1) is 12.1 Å². The van der Waals surface area contributed by atoms with Crippen molar-refractivity contribution in [1.29, 1.82) is 0 Å². The third-order valence-electron chi connectivity index (χ3n) is 11.2. The Balaban J connectivity index is 0.00000445. The molecule has 0 radical (unpaired) electrons. The molecule has 1 aliphatic heterocycles. The molecule has 7 heteroatoms. The van der Waals surface area contributed by atoms with E-state index in [-0.39, 0.29) is 27.9 Å². The van der Waals surface area contributed by atoms with E-state index in [1.54, 1.807) is 0 Å². The second-order valence-electron chi connectivity index (χ2n) is 14.8. The zero-order valence-electron chi connectivity index (χ0n) is 32.9. The Morgan fingerprint density at radius 1 is 0.426 bits per heavy atom. The first-order valence-electron chi connectivity index (χ1n) is 20.2. The van der Waals surface area contributed by atoms with E-state index in [4.69, 9.17) is 9.97 Å². The fraction of sp³-hybridized carbons (Fsp3) is 0. The van der Waals surface area contributed by atoms with Crippen molar-refractivity contribution < 1.29 is 21.1 Å². The van der Waals surface area contributed by atoms with Gasteiger partial charge >= 0.3 is 21.1 Å². The summed E-state index contributed by atoms with van der Waals surface area (Å²) >= 11 is 0. The van der Waals surface area contributed by atoms with Gasteiger partial charge in [-0.25, -0.2) is 0 Å². The maximum Gasteiger partial charge on any atom is 2.00 e. The molecule has 11 rings (SSSR count). The van der Waals surface area contributed by atoms with Crippen LogP contribution in [0.5, 0.6) is 0 Å². The summed E-state index contributed by atoms with van der Waals surface area (Å²) in [6.07, 6.45) is 6.31. The quantitative estimate of drug-likeness (QED) is 0.113. The minimum absolute atomic E-state index is 0. The average molecular weight is 961 g/mol. The molecule has 10 aromatic rings. The van der Waals surface area contributed by atoms with Crippen LogP contribution in [0.4, 0.5) is 5.69 Å². The van der Waals surface area contributed by atoms with Gasteiger partial charge in [0, 0.05) is 22.5 Å². The minimum Gasteiger partial charge on any atom is -0.401 e. The number of anilines is 1. The van der Waals surface area contributed by atoms with E-state index in [0.29, 0.717) is 0 Å². The summed E-state index contributed by atoms with van der Waals surface area (Å²) in [7, 11) is 0. The van der Waals surface area contributed by atoms with Gasteiger partial charge < -0.3 is 13.9 Å². The fourth-order valence-electron chi connectivity index (χ4n) is 8.47. The van der Waals surface area contributed by atoms with Crippen molar-refractivity contribution in [2.24, 2.45) is 0 Å². The second-order valence-corrected chi connectivity index (χ2v) is 14.8. The number of nitrogens with zero attached hydrogens (tertiary/aromatic N) is 5. The molecule has 1 aliphatic rings. The molecule has 0 saturated heterocycles. The molecule has 61 heavy (non-hydrogen) atoms. The molecular weight excluding hydrogens is 925 g/mol. The normalized spacial score (nSPS) is 12.3. The van der Waals surface area contributed by atoms with Gasteiger partial charge in [-0.3, -0.25) is 9.97 Å². The van der Waals surface area contributed by atoms with Gasteiger partial charge in [0.15, 0.2) is 0 Å². The maximum absolute atomic E-state index is 5.25. The van der Waals surface area contributed by atoms with E-state index < -0.39 is 0 Å². The summed E-state index contributed by atoms with van der Waals surface area (Å²) < 4.78 is 4.55. The molecule has 2 aromatic heterocycles. The fourth-order valence-corrected chi connectivity index (χ4v) is 8.47. The van der Waals surface area contributed by atoms with E-state index in [1.807, 2.05) is 12.1 Å². The van der Waals surface area contributed by atoms with Crippen molar-refractivity contribution in [2.45, 2.75) is 0 Å². The monoisotopic (exact) mass is 960 g/mol. The van der Waals surface area contributed by atoms with E-state index in [2.05, 4.69) is 232 Å². The topological polar surface area (TPSA) is 38.9 Å². The minimum atomic E-state index is -0.145. The molecule has 0 aliphatic carbocycles. The van der Waals surface area contributed by atoms with Crippen molar-refractivity contribution in [3.63, 3.8) is 0 Å². The third kappa shape index (κ3) is 6.95. The smallest absolute Gasteiger partial charge is 0.401 e. The third-order valence-corrected chi connectivity index (χ3v) is 11.2. The average Bonchev–Trinajstić information content (AvgIpc) is 3.92. The van der Waals surface area contributed by atoms with Crippen LogP contribution in [0.15, 0.2) is 218 Å². The van der Waals surface area contributed by atoms with Gasteiger partial charge in [0.05, 0.1) is 33.7 Å². The van der Waals surface area contributed by atoms with E-state index in [0.717, 1.165) is 89.6 Å². The molecule has 0 atom stereocenters. The molecule has 0 spiro atoms. The number of benzene rings is 8. The van der Waals surface area contributed by atoms with E-state index >= 15 is 0 Å². The number of allylic oxidation sites excluding steroid dienone is 2. The van der Waals surface area contributed by atoms with Gasteiger partial charge in [-0.15, -0.1) is 65.1 Å². The van der Waals surface area contributed by atoms with Crippen LogP contribution < -0.4 is 10.3 Å². The zero-order valence-corrected chi connectivity index (χ0v) is 35.2. The second kappa shape index (κ2) is 16.4. The van der Waals surface area contributed by atoms with Crippen molar-refractivity contribution >= 4 is 40.1 Å². The van der Waals surface area contributed by atoms with Crippen molar-refractivity contribution in [2.75, 3.05) is 4.81 Å². The van der Waals surface area contributed by atoms with Crippen LogP contribution in [0.1, 0.15) is 0 Å². The summed E-state index contributed by atoms with van der Waals surface area (Å²) in [5, 5.41) is 0. The van der Waals surface area contributed by atoms with E-state index in [9.17, 15) is 0 Å². The van der Waals surface area contributed by atoms with Crippen LogP contribution in [0.2, 0.25) is 0 Å². The standard InChI is InChI=1S/C54H36BN5.Pt/c1-3-19-39(20-4-1)45-27-7-11-31-49(45)59-51-33-13-9-29-47(51)56-53(59)41-23-17-25-43(37-41)55-35-15-16-36-58(55)44-26-18-24-42(38-44)54-57-48-30-10-14-34-52(48)60(54)50-32-12-8-28-46(50)40-21-5-2-6-22-40;/h1-36H;/q-2;+2. The van der Waals surface area contributed by atoms with Crippen LogP contribution >= 0.6 is 0 Å². The number of imidazole rings is 2. The first kappa shape index (κ1) is 38.0. The number of aromatic nitrogens is 4. The van der Waals surface area contributed by atoms with Gasteiger partial charge in [0.2, 0.25) is 0 Å². The molecule has 5 nitrogen and oxygen atoms in total. The summed E-state index contributed by atoms with van der Waals surface area (Å²) in [5.74, 6) is 3.89. The first-order valence-corrected chi connectivity index (χ1v) is 20.2. The number of hydrogen-bond acceptors (Lipinski definition) is 3. The van der Waals surface area contributed by atoms with Crippen molar-refractivity contribution in [1.82, 2.24) is 19.1 Å². The largest absolute Gasteiger partial charge is 2.00 e. The molecule has 0 fully saturated rings. The SMILES string of the molecule is [Pt+2].[c-]1c(B2C=CC=CN2c2[c-]c(-c3nc4ccccc4n3-c3ccccc3-c3ccccc3)ccc2)cccc1-c1nc2ccccc2n1-c1ccccc1-c1ccccc1. The first-order chi connectivity index (χ1) is 29.8. The van der Waals surface area contributed by atoms with Crippen LogP contribution in [0.3, 0.4) is 0 Å². The molecule has 0 N–H and O–H groups in total. The summed E-state index contributed by atoms with van der Waals surface area (Å²) in [4.78, 5) is 12.8. The Labute approximate surface area is 370 Å². The van der Waals surface area contributed by atoms with Gasteiger partial charge in [0.1, 0.15) is 0 Å². The molecule has 0 saturated carbocycles. The van der Waals surface area contributed by atoms with Crippen LogP contribution in [-0.4, -0.2) is 25.9 Å². The Bertz CT molecular complexity index is 3020. The molecule has 290 valence electrons. The summed E-state index contributed by atoms with van der Waals surface area (Å²) in [6, 6.07) is 75.2. The number of hydrogen-bond donors (Lipinski definition) is 0. The van der Waals surface area contributed by atoms with E-state index in [1.165, 1.54) is 0 Å². The van der Waals surface area contributed by atoms with Gasteiger partial charge in [-0.1, -0.05) is 139 Å². The summed E-state index contributed by atoms with van der Waals surface area (Å²) in [5.41, 5.74) is 14.4. The Kier molecular flexibility index (Phi) is 10.2. The zero-order chi connectivity index (χ0) is 39.8. The number of para-hydroxylation sites is 6.